The summed E-state index contributed by atoms with van der Waals surface area (Å²) in [6, 6.07) is 0. The molecule has 1 aliphatic rings. The molecule has 0 atom stereocenters. The molecule has 1 fully saturated rings. The minimum Gasteiger partial charge on any atom is -0.317 e. The fraction of sp³-hybridized carbons (Fsp3) is 0.625. The Balaban J connectivity index is 2.13. The standard InChI is InChI=1S/C8H12IN3/c9-7-5-11-12-8(7)6-1-3-10-4-2-6/h5-6,10H,1-4H2,(H,11,12). The molecular formula is C8H12IN3. The summed E-state index contributed by atoms with van der Waals surface area (Å²) in [5.41, 5.74) is 1.33. The molecule has 0 radical (unpaired) electrons. The number of rotatable bonds is 1. The van der Waals surface area contributed by atoms with Crippen molar-refractivity contribution in [3.63, 3.8) is 0 Å². The van der Waals surface area contributed by atoms with Gasteiger partial charge in [0.1, 0.15) is 0 Å². The lowest BCUT2D eigenvalue weighted by atomic mass is 9.95. The highest BCUT2D eigenvalue weighted by atomic mass is 127. The zero-order chi connectivity index (χ0) is 8.39. The van der Waals surface area contributed by atoms with Crippen LogP contribution in [0.25, 0.3) is 0 Å². The number of nitrogens with one attached hydrogen (secondary N) is 2. The third-order valence-corrected chi connectivity index (χ3v) is 3.23. The highest BCUT2D eigenvalue weighted by molar-refractivity contribution is 14.1. The highest BCUT2D eigenvalue weighted by Gasteiger charge is 2.18. The first-order valence-corrected chi connectivity index (χ1v) is 5.35. The molecule has 1 aromatic heterocycles. The van der Waals surface area contributed by atoms with E-state index in [0.717, 1.165) is 13.1 Å². The summed E-state index contributed by atoms with van der Waals surface area (Å²) in [6.45, 7) is 2.28. The van der Waals surface area contributed by atoms with E-state index in [4.69, 9.17) is 0 Å². The third-order valence-electron chi connectivity index (χ3n) is 2.37. The van der Waals surface area contributed by atoms with Crippen molar-refractivity contribution in [2.24, 2.45) is 0 Å². The second-order valence-corrected chi connectivity index (χ2v) is 4.32. The number of aromatic nitrogens is 2. The van der Waals surface area contributed by atoms with E-state index in [1.807, 2.05) is 6.20 Å². The van der Waals surface area contributed by atoms with E-state index in [0.29, 0.717) is 5.92 Å². The molecule has 0 saturated carbocycles. The van der Waals surface area contributed by atoms with Crippen molar-refractivity contribution >= 4 is 22.6 Å². The Labute approximate surface area is 85.5 Å². The van der Waals surface area contributed by atoms with Crippen LogP contribution in [-0.2, 0) is 0 Å². The summed E-state index contributed by atoms with van der Waals surface area (Å²) < 4.78 is 1.28. The molecule has 0 spiro atoms. The lowest BCUT2D eigenvalue weighted by molar-refractivity contribution is 0.451. The van der Waals surface area contributed by atoms with Gasteiger partial charge in [0, 0.05) is 5.92 Å². The molecule has 2 heterocycles. The Morgan fingerprint density at radius 1 is 1.42 bits per heavy atom. The second-order valence-electron chi connectivity index (χ2n) is 3.16. The predicted molar refractivity (Wildman–Crippen MR) is 56.1 cm³/mol. The monoisotopic (exact) mass is 277 g/mol. The van der Waals surface area contributed by atoms with Gasteiger partial charge in [0.05, 0.1) is 15.5 Å². The van der Waals surface area contributed by atoms with Gasteiger partial charge in [0.25, 0.3) is 0 Å². The Kier molecular flexibility index (Phi) is 2.65. The van der Waals surface area contributed by atoms with Crippen molar-refractivity contribution in [2.45, 2.75) is 18.8 Å². The summed E-state index contributed by atoms with van der Waals surface area (Å²) in [7, 11) is 0. The number of aromatic amines is 1. The molecule has 12 heavy (non-hydrogen) atoms. The fourth-order valence-electron chi connectivity index (χ4n) is 1.68. The van der Waals surface area contributed by atoms with Gasteiger partial charge in [-0.05, 0) is 48.5 Å². The number of halogens is 1. The quantitative estimate of drug-likeness (QED) is 0.763. The maximum absolute atomic E-state index is 4.04. The number of piperidine rings is 1. The third kappa shape index (κ3) is 1.64. The zero-order valence-corrected chi connectivity index (χ0v) is 8.97. The first-order chi connectivity index (χ1) is 5.88. The van der Waals surface area contributed by atoms with Crippen LogP contribution in [0, 0.1) is 3.57 Å². The summed E-state index contributed by atoms with van der Waals surface area (Å²) in [6.07, 6.45) is 4.37. The summed E-state index contributed by atoms with van der Waals surface area (Å²) in [5.74, 6) is 0.695. The smallest absolute Gasteiger partial charge is 0.0624 e. The Morgan fingerprint density at radius 2 is 2.17 bits per heavy atom. The molecule has 0 aliphatic carbocycles. The van der Waals surface area contributed by atoms with Crippen molar-refractivity contribution in [3.8, 4) is 0 Å². The molecule has 2 rings (SSSR count). The first kappa shape index (κ1) is 8.50. The van der Waals surface area contributed by atoms with E-state index >= 15 is 0 Å². The van der Waals surface area contributed by atoms with E-state index in [-0.39, 0.29) is 0 Å². The van der Waals surface area contributed by atoms with Gasteiger partial charge in [-0.1, -0.05) is 0 Å². The normalized spacial score (nSPS) is 19.8. The van der Waals surface area contributed by atoms with Crippen molar-refractivity contribution in [1.82, 2.24) is 15.5 Å². The fourth-order valence-corrected chi connectivity index (χ4v) is 2.38. The van der Waals surface area contributed by atoms with Crippen LogP contribution in [0.3, 0.4) is 0 Å². The molecule has 4 heteroatoms. The van der Waals surface area contributed by atoms with Crippen LogP contribution in [0.1, 0.15) is 24.5 Å². The van der Waals surface area contributed by atoms with Crippen molar-refractivity contribution in [1.29, 1.82) is 0 Å². The molecule has 0 bridgehead atoms. The Morgan fingerprint density at radius 3 is 2.75 bits per heavy atom. The van der Waals surface area contributed by atoms with E-state index in [2.05, 4.69) is 38.1 Å². The van der Waals surface area contributed by atoms with E-state index in [9.17, 15) is 0 Å². The predicted octanol–water partition coefficient (Wildman–Crippen LogP) is 1.48. The Hall–Kier alpha value is -0.100. The van der Waals surface area contributed by atoms with Gasteiger partial charge in [-0.2, -0.15) is 5.10 Å². The van der Waals surface area contributed by atoms with Gasteiger partial charge in [0.2, 0.25) is 0 Å². The molecule has 3 nitrogen and oxygen atoms in total. The SMILES string of the molecule is Ic1cn[nH]c1C1CCNCC1. The number of hydrogen-bond acceptors (Lipinski definition) is 2. The number of hydrogen-bond donors (Lipinski definition) is 2. The average Bonchev–Trinajstić information content (AvgIpc) is 2.53. The summed E-state index contributed by atoms with van der Waals surface area (Å²) in [5, 5.41) is 10.5. The minimum absolute atomic E-state index is 0.695. The molecule has 2 N–H and O–H groups in total. The van der Waals surface area contributed by atoms with Crippen molar-refractivity contribution < 1.29 is 0 Å². The lowest BCUT2D eigenvalue weighted by Crippen LogP contribution is -2.27. The molecular weight excluding hydrogens is 265 g/mol. The van der Waals surface area contributed by atoms with Crippen LogP contribution in [-0.4, -0.2) is 23.3 Å². The van der Waals surface area contributed by atoms with Crippen LogP contribution in [0.4, 0.5) is 0 Å². The largest absolute Gasteiger partial charge is 0.317 e. The second kappa shape index (κ2) is 3.74. The van der Waals surface area contributed by atoms with Gasteiger partial charge < -0.3 is 5.32 Å². The van der Waals surface area contributed by atoms with Gasteiger partial charge in [-0.15, -0.1) is 0 Å². The highest BCUT2D eigenvalue weighted by Crippen LogP contribution is 2.26. The number of nitrogens with zero attached hydrogens (tertiary/aromatic N) is 1. The van der Waals surface area contributed by atoms with E-state index < -0.39 is 0 Å². The first-order valence-electron chi connectivity index (χ1n) is 4.27. The zero-order valence-electron chi connectivity index (χ0n) is 6.81. The van der Waals surface area contributed by atoms with E-state index in [1.165, 1.54) is 22.1 Å². The van der Waals surface area contributed by atoms with Crippen LogP contribution in [0.2, 0.25) is 0 Å². The van der Waals surface area contributed by atoms with Gasteiger partial charge in [-0.25, -0.2) is 0 Å². The number of H-pyrrole nitrogens is 1. The van der Waals surface area contributed by atoms with Crippen molar-refractivity contribution in [2.75, 3.05) is 13.1 Å². The summed E-state index contributed by atoms with van der Waals surface area (Å²) >= 11 is 2.34. The van der Waals surface area contributed by atoms with E-state index in [1.54, 1.807) is 0 Å². The molecule has 0 amide bonds. The van der Waals surface area contributed by atoms with Gasteiger partial charge in [-0.3, -0.25) is 5.10 Å². The molecule has 1 saturated heterocycles. The Bertz CT molecular complexity index is 253. The van der Waals surface area contributed by atoms with Crippen LogP contribution in [0.5, 0.6) is 0 Å². The molecule has 0 unspecified atom stereocenters. The van der Waals surface area contributed by atoms with Gasteiger partial charge in [0.15, 0.2) is 0 Å². The molecule has 66 valence electrons. The molecule has 0 aromatic carbocycles. The molecule has 1 aromatic rings. The summed E-state index contributed by atoms with van der Waals surface area (Å²) in [4.78, 5) is 0. The van der Waals surface area contributed by atoms with Crippen LogP contribution < -0.4 is 5.32 Å². The lowest BCUT2D eigenvalue weighted by Gasteiger charge is -2.21. The maximum atomic E-state index is 4.04. The minimum atomic E-state index is 0.695. The average molecular weight is 277 g/mol. The van der Waals surface area contributed by atoms with Crippen LogP contribution >= 0.6 is 22.6 Å². The van der Waals surface area contributed by atoms with Crippen molar-refractivity contribution in [3.05, 3.63) is 15.5 Å². The topological polar surface area (TPSA) is 40.7 Å². The van der Waals surface area contributed by atoms with Crippen LogP contribution in [0.15, 0.2) is 6.20 Å². The molecule has 1 aliphatic heterocycles. The maximum Gasteiger partial charge on any atom is 0.0624 e. The van der Waals surface area contributed by atoms with Gasteiger partial charge >= 0.3 is 0 Å².